The summed E-state index contributed by atoms with van der Waals surface area (Å²) in [6.45, 7) is 3.81. The highest BCUT2D eigenvalue weighted by Crippen LogP contribution is 2.24. The first kappa shape index (κ1) is 20.1. The van der Waals surface area contributed by atoms with Crippen molar-refractivity contribution in [2.24, 2.45) is 0 Å². The van der Waals surface area contributed by atoms with Crippen LogP contribution in [0.15, 0.2) is 53.1 Å². The average molecular weight is 441 g/mol. The molecule has 0 bridgehead atoms. The number of nitrogens with one attached hydrogen (secondary N) is 1. The van der Waals surface area contributed by atoms with Gasteiger partial charge in [0, 0.05) is 17.3 Å². The first-order valence-corrected chi connectivity index (χ1v) is 11.0. The second kappa shape index (κ2) is 8.67. The molecule has 11 heteroatoms. The van der Waals surface area contributed by atoms with Crippen LogP contribution in [0.4, 0.5) is 0 Å². The molecule has 3 heterocycles. The Morgan fingerprint density at radius 2 is 2.07 bits per heavy atom. The van der Waals surface area contributed by atoms with Gasteiger partial charge in [-0.15, -0.1) is 21.5 Å². The molecule has 9 nitrogen and oxygen atoms in total. The molecule has 1 unspecified atom stereocenters. The van der Waals surface area contributed by atoms with Gasteiger partial charge in [0.1, 0.15) is 11.0 Å². The van der Waals surface area contributed by atoms with Gasteiger partial charge in [-0.25, -0.2) is 14.3 Å². The van der Waals surface area contributed by atoms with E-state index in [1.54, 1.807) is 10.9 Å². The summed E-state index contributed by atoms with van der Waals surface area (Å²) in [6.07, 6.45) is 1.73. The number of hydrogen-bond donors (Lipinski definition) is 2. The molecule has 0 aliphatic rings. The molecule has 3 aromatic heterocycles. The van der Waals surface area contributed by atoms with Crippen molar-refractivity contribution in [3.05, 3.63) is 69.9 Å². The molecule has 4 aromatic rings. The second-order valence-electron chi connectivity index (χ2n) is 6.56. The lowest BCUT2D eigenvalue weighted by Crippen LogP contribution is -2.30. The van der Waals surface area contributed by atoms with Crippen molar-refractivity contribution in [1.82, 2.24) is 35.0 Å². The number of carbonyl (C=O) groups is 1. The van der Waals surface area contributed by atoms with Gasteiger partial charge in [-0.2, -0.15) is 5.10 Å². The van der Waals surface area contributed by atoms with Crippen LogP contribution in [0, 0.1) is 13.8 Å². The molecule has 0 fully saturated rings. The summed E-state index contributed by atoms with van der Waals surface area (Å²) in [4.78, 5) is 17.0. The van der Waals surface area contributed by atoms with E-state index in [4.69, 9.17) is 5.84 Å². The van der Waals surface area contributed by atoms with Gasteiger partial charge in [0.25, 0.3) is 5.95 Å². The highest BCUT2D eigenvalue weighted by molar-refractivity contribution is 7.99. The number of thiazole rings is 1. The minimum atomic E-state index is -0.305. The Labute approximate surface area is 181 Å². The number of amides is 1. The Morgan fingerprint density at radius 1 is 1.27 bits per heavy atom. The number of nitrogens with two attached hydrogens (primary N) is 1. The van der Waals surface area contributed by atoms with Crippen LogP contribution < -0.4 is 11.2 Å². The number of aromatic nitrogens is 6. The summed E-state index contributed by atoms with van der Waals surface area (Å²) in [5.74, 6) is 6.52. The molecule has 1 aromatic carbocycles. The third kappa shape index (κ3) is 4.21. The van der Waals surface area contributed by atoms with Crippen molar-refractivity contribution in [3.63, 3.8) is 0 Å². The van der Waals surface area contributed by atoms with E-state index in [9.17, 15) is 4.79 Å². The Hall–Kier alpha value is -3.18. The zero-order valence-electron chi connectivity index (χ0n) is 16.4. The largest absolute Gasteiger partial charge is 0.342 e. The number of carbonyl (C=O) groups excluding carboxylic acids is 1. The summed E-state index contributed by atoms with van der Waals surface area (Å²) in [6, 6.07) is 11.4. The third-order valence-corrected chi connectivity index (χ3v) is 6.10. The van der Waals surface area contributed by atoms with E-state index in [-0.39, 0.29) is 17.7 Å². The standard InChI is InChI=1S/C19H20N8OS2/c1-12-10-13(2)27(25-12)18-23-24-19(26(18)20)30-11-15(28)22-16(17-21-8-9-29-17)14-6-4-3-5-7-14/h3-10,16H,11,20H2,1-2H3,(H,22,28). The van der Waals surface area contributed by atoms with Gasteiger partial charge in [0.05, 0.1) is 11.4 Å². The molecule has 0 aliphatic heterocycles. The maximum absolute atomic E-state index is 12.7. The smallest absolute Gasteiger partial charge is 0.271 e. The lowest BCUT2D eigenvalue weighted by Gasteiger charge is -2.17. The van der Waals surface area contributed by atoms with Crippen LogP contribution >= 0.6 is 23.1 Å². The molecule has 1 atom stereocenters. The summed E-state index contributed by atoms with van der Waals surface area (Å²) >= 11 is 2.71. The van der Waals surface area contributed by atoms with E-state index in [0.717, 1.165) is 22.0 Å². The molecule has 4 rings (SSSR count). The SMILES string of the molecule is Cc1cc(C)n(-c2nnc(SCC(=O)NC(c3ccccc3)c3nccs3)n2N)n1. The van der Waals surface area contributed by atoms with Gasteiger partial charge in [0.2, 0.25) is 11.1 Å². The summed E-state index contributed by atoms with van der Waals surface area (Å²) in [7, 11) is 0. The average Bonchev–Trinajstić information content (AvgIpc) is 3.46. The monoisotopic (exact) mass is 440 g/mol. The maximum atomic E-state index is 12.7. The number of nitrogens with zero attached hydrogens (tertiary/aromatic N) is 6. The molecular weight excluding hydrogens is 420 g/mol. The second-order valence-corrected chi connectivity index (χ2v) is 8.43. The first-order valence-electron chi connectivity index (χ1n) is 9.13. The van der Waals surface area contributed by atoms with Gasteiger partial charge < -0.3 is 11.2 Å². The summed E-state index contributed by atoms with van der Waals surface area (Å²) in [5.41, 5.74) is 2.73. The van der Waals surface area contributed by atoms with Crippen LogP contribution in [0.3, 0.4) is 0 Å². The lowest BCUT2D eigenvalue weighted by atomic mass is 10.1. The predicted molar refractivity (Wildman–Crippen MR) is 116 cm³/mol. The highest BCUT2D eigenvalue weighted by Gasteiger charge is 2.21. The number of benzene rings is 1. The predicted octanol–water partition coefficient (Wildman–Crippen LogP) is 2.25. The normalized spacial score (nSPS) is 12.1. The van der Waals surface area contributed by atoms with Crippen molar-refractivity contribution >= 4 is 29.0 Å². The molecule has 1 amide bonds. The molecule has 30 heavy (non-hydrogen) atoms. The summed E-state index contributed by atoms with van der Waals surface area (Å²) < 4.78 is 2.97. The van der Waals surface area contributed by atoms with E-state index in [1.165, 1.54) is 27.8 Å². The lowest BCUT2D eigenvalue weighted by molar-refractivity contribution is -0.119. The molecular formula is C19H20N8OS2. The van der Waals surface area contributed by atoms with E-state index < -0.39 is 0 Å². The number of nitrogen functional groups attached to an aromatic ring is 1. The van der Waals surface area contributed by atoms with E-state index in [1.807, 2.05) is 55.6 Å². The quantitative estimate of drug-likeness (QED) is 0.334. The topological polar surface area (TPSA) is 117 Å². The zero-order valence-corrected chi connectivity index (χ0v) is 18.0. The maximum Gasteiger partial charge on any atom is 0.271 e. The molecule has 0 saturated carbocycles. The van der Waals surface area contributed by atoms with Crippen LogP contribution in [0.2, 0.25) is 0 Å². The molecule has 0 spiro atoms. The van der Waals surface area contributed by atoms with Crippen LogP contribution in [0.5, 0.6) is 0 Å². The van der Waals surface area contributed by atoms with Crippen LogP contribution in [-0.4, -0.2) is 41.3 Å². The fourth-order valence-electron chi connectivity index (χ4n) is 2.99. The van der Waals surface area contributed by atoms with Gasteiger partial charge >= 0.3 is 0 Å². The summed E-state index contributed by atoms with van der Waals surface area (Å²) in [5, 5.41) is 18.8. The number of thioether (sulfide) groups is 1. The van der Waals surface area contributed by atoms with Gasteiger partial charge in [0.15, 0.2) is 0 Å². The van der Waals surface area contributed by atoms with Gasteiger partial charge in [-0.1, -0.05) is 42.1 Å². The number of rotatable bonds is 7. The molecule has 154 valence electrons. The minimum absolute atomic E-state index is 0.140. The first-order chi connectivity index (χ1) is 14.5. The molecule has 3 N–H and O–H groups in total. The van der Waals surface area contributed by atoms with Gasteiger partial charge in [-0.3, -0.25) is 4.79 Å². The Kier molecular flexibility index (Phi) is 5.81. The molecule has 0 saturated heterocycles. The van der Waals surface area contributed by atoms with Crippen molar-refractivity contribution in [1.29, 1.82) is 0 Å². The Bertz CT molecular complexity index is 1140. The minimum Gasteiger partial charge on any atom is -0.342 e. The highest BCUT2D eigenvalue weighted by atomic mass is 32.2. The number of hydrogen-bond acceptors (Lipinski definition) is 8. The van der Waals surface area contributed by atoms with Crippen molar-refractivity contribution in [2.45, 2.75) is 25.0 Å². The van der Waals surface area contributed by atoms with Crippen molar-refractivity contribution in [2.75, 3.05) is 11.6 Å². The fraction of sp³-hybridized carbons (Fsp3) is 0.211. The zero-order chi connectivity index (χ0) is 21.1. The van der Waals surface area contributed by atoms with Gasteiger partial charge in [-0.05, 0) is 25.5 Å². The Morgan fingerprint density at radius 3 is 2.73 bits per heavy atom. The third-order valence-electron chi connectivity index (χ3n) is 4.31. The number of aryl methyl sites for hydroxylation is 2. The fourth-order valence-corrected chi connectivity index (χ4v) is 4.36. The van der Waals surface area contributed by atoms with E-state index >= 15 is 0 Å². The van der Waals surface area contributed by atoms with E-state index in [2.05, 4.69) is 25.6 Å². The van der Waals surface area contributed by atoms with Crippen molar-refractivity contribution in [3.8, 4) is 5.95 Å². The molecule has 0 aliphatic carbocycles. The van der Waals surface area contributed by atoms with Crippen LogP contribution in [0.1, 0.15) is 28.0 Å². The van der Waals surface area contributed by atoms with Crippen LogP contribution in [-0.2, 0) is 4.79 Å². The van der Waals surface area contributed by atoms with Crippen LogP contribution in [0.25, 0.3) is 5.95 Å². The Balaban J connectivity index is 1.45. The molecule has 0 radical (unpaired) electrons. The van der Waals surface area contributed by atoms with Crippen molar-refractivity contribution < 1.29 is 4.79 Å². The van der Waals surface area contributed by atoms with E-state index in [0.29, 0.717) is 11.1 Å².